The van der Waals surface area contributed by atoms with Gasteiger partial charge in [-0.05, 0) is 55.4 Å². The first-order valence-electron chi connectivity index (χ1n) is 8.52. The van der Waals surface area contributed by atoms with Crippen molar-refractivity contribution in [2.24, 2.45) is 5.92 Å². The Morgan fingerprint density at radius 3 is 2.65 bits per heavy atom. The minimum Gasteiger partial charge on any atom is -0.393 e. The Hall–Kier alpha value is -1.88. The van der Waals surface area contributed by atoms with E-state index in [1.54, 1.807) is 0 Å². The third kappa shape index (κ3) is 3.91. The Morgan fingerprint density at radius 1 is 1.04 bits per heavy atom. The molecule has 124 valence electrons. The maximum atomic E-state index is 12.0. The lowest BCUT2D eigenvalue weighted by Gasteiger charge is -2.27. The van der Waals surface area contributed by atoms with Gasteiger partial charge in [0.1, 0.15) is 0 Å². The van der Waals surface area contributed by atoms with Crippen LogP contribution in [0.15, 0.2) is 18.2 Å². The molecular weight excluding hydrogens is 292 g/mol. The topological polar surface area (TPSA) is 78.4 Å². The first kappa shape index (κ1) is 16.0. The summed E-state index contributed by atoms with van der Waals surface area (Å²) in [6.07, 6.45) is 6.68. The average Bonchev–Trinajstić information content (AvgIpc) is 3.01. The average molecular weight is 316 g/mol. The molecular formula is C18H24N2O3. The van der Waals surface area contributed by atoms with Crippen LogP contribution in [0.4, 0.5) is 5.69 Å². The van der Waals surface area contributed by atoms with E-state index in [9.17, 15) is 14.7 Å². The van der Waals surface area contributed by atoms with Gasteiger partial charge in [0.2, 0.25) is 0 Å². The number of hydrogen-bond donors (Lipinski definition) is 3. The molecule has 1 fully saturated rings. The largest absolute Gasteiger partial charge is 0.393 e. The number of amides is 2. The van der Waals surface area contributed by atoms with Crippen LogP contribution in [0.1, 0.15) is 43.2 Å². The second-order valence-electron chi connectivity index (χ2n) is 6.61. The van der Waals surface area contributed by atoms with Crippen molar-refractivity contribution in [3.05, 3.63) is 29.3 Å². The summed E-state index contributed by atoms with van der Waals surface area (Å²) in [5.74, 6) is -1.22. The lowest BCUT2D eigenvalue weighted by Crippen LogP contribution is -2.41. The molecule has 2 aliphatic carbocycles. The number of aliphatic hydroxyl groups is 1. The second kappa shape index (κ2) is 7.13. The molecule has 1 aromatic carbocycles. The van der Waals surface area contributed by atoms with Crippen LogP contribution in [0.2, 0.25) is 0 Å². The number of fused-ring (bicyclic) bond motifs is 1. The van der Waals surface area contributed by atoms with E-state index in [4.69, 9.17) is 0 Å². The quantitative estimate of drug-likeness (QED) is 0.744. The van der Waals surface area contributed by atoms with Crippen molar-refractivity contribution >= 4 is 17.5 Å². The summed E-state index contributed by atoms with van der Waals surface area (Å²) in [7, 11) is 0. The molecule has 5 nitrogen and oxygen atoms in total. The molecule has 0 spiro atoms. The Kier molecular flexibility index (Phi) is 4.96. The van der Waals surface area contributed by atoms with Gasteiger partial charge < -0.3 is 15.7 Å². The molecule has 3 N–H and O–H groups in total. The fourth-order valence-corrected chi connectivity index (χ4v) is 3.57. The van der Waals surface area contributed by atoms with Gasteiger partial charge in [-0.25, -0.2) is 0 Å². The van der Waals surface area contributed by atoms with Crippen molar-refractivity contribution in [2.75, 3.05) is 11.9 Å². The van der Waals surface area contributed by atoms with E-state index in [2.05, 4.69) is 10.6 Å². The lowest BCUT2D eigenvalue weighted by atomic mass is 9.86. The van der Waals surface area contributed by atoms with E-state index < -0.39 is 11.8 Å². The summed E-state index contributed by atoms with van der Waals surface area (Å²) in [5.41, 5.74) is 3.26. The number of rotatable bonds is 3. The van der Waals surface area contributed by atoms with E-state index in [1.807, 2.05) is 18.2 Å². The van der Waals surface area contributed by atoms with E-state index in [-0.39, 0.29) is 12.0 Å². The third-order valence-electron chi connectivity index (χ3n) is 4.96. The molecule has 0 aromatic heterocycles. The maximum absolute atomic E-state index is 12.0. The van der Waals surface area contributed by atoms with E-state index in [1.165, 1.54) is 11.1 Å². The summed E-state index contributed by atoms with van der Waals surface area (Å²) in [4.78, 5) is 23.9. The standard InChI is InChI=1S/C18H24N2O3/c21-16-7-2-1-4-14(16)11-19-17(22)18(23)20-15-9-8-12-5-3-6-13(12)10-15/h8-10,14,16,21H,1-7,11H2,(H,19,22)(H,20,23)/t14-,16+/m0/s1. The first-order chi connectivity index (χ1) is 11.1. The highest BCUT2D eigenvalue weighted by atomic mass is 16.3. The van der Waals surface area contributed by atoms with Gasteiger partial charge in [-0.1, -0.05) is 18.9 Å². The predicted octanol–water partition coefficient (Wildman–Crippen LogP) is 1.78. The molecule has 0 aliphatic heterocycles. The van der Waals surface area contributed by atoms with Gasteiger partial charge in [-0.2, -0.15) is 0 Å². The molecule has 1 aromatic rings. The maximum Gasteiger partial charge on any atom is 0.313 e. The van der Waals surface area contributed by atoms with Crippen LogP contribution in [0.25, 0.3) is 0 Å². The highest BCUT2D eigenvalue weighted by molar-refractivity contribution is 6.39. The van der Waals surface area contributed by atoms with Crippen LogP contribution < -0.4 is 10.6 Å². The highest BCUT2D eigenvalue weighted by Gasteiger charge is 2.24. The Balaban J connectivity index is 1.50. The van der Waals surface area contributed by atoms with Gasteiger partial charge in [0, 0.05) is 18.2 Å². The molecule has 2 aliphatic rings. The number of aryl methyl sites for hydroxylation is 2. The minimum atomic E-state index is -0.645. The van der Waals surface area contributed by atoms with Crippen molar-refractivity contribution < 1.29 is 14.7 Å². The smallest absolute Gasteiger partial charge is 0.313 e. The molecule has 0 heterocycles. The van der Waals surface area contributed by atoms with Gasteiger partial charge >= 0.3 is 11.8 Å². The van der Waals surface area contributed by atoms with Gasteiger partial charge in [-0.15, -0.1) is 0 Å². The van der Waals surface area contributed by atoms with Crippen molar-refractivity contribution in [3.63, 3.8) is 0 Å². The Morgan fingerprint density at radius 2 is 1.83 bits per heavy atom. The number of hydrogen-bond acceptors (Lipinski definition) is 3. The van der Waals surface area contributed by atoms with Crippen LogP contribution in [0.3, 0.4) is 0 Å². The van der Waals surface area contributed by atoms with Gasteiger partial charge in [0.05, 0.1) is 6.10 Å². The van der Waals surface area contributed by atoms with Crippen LogP contribution in [-0.4, -0.2) is 29.6 Å². The van der Waals surface area contributed by atoms with Gasteiger partial charge in [-0.3, -0.25) is 9.59 Å². The molecule has 2 amide bonds. The summed E-state index contributed by atoms with van der Waals surface area (Å²) < 4.78 is 0. The molecule has 0 bridgehead atoms. The highest BCUT2D eigenvalue weighted by Crippen LogP contribution is 2.25. The number of carbonyl (C=O) groups is 2. The van der Waals surface area contributed by atoms with Crippen LogP contribution in [0, 0.1) is 5.92 Å². The summed E-state index contributed by atoms with van der Waals surface area (Å²) in [5, 5.41) is 15.2. The second-order valence-corrected chi connectivity index (χ2v) is 6.61. The molecule has 3 rings (SSSR count). The number of carbonyl (C=O) groups excluding carboxylic acids is 2. The number of benzene rings is 1. The Labute approximate surface area is 136 Å². The molecule has 2 atom stereocenters. The van der Waals surface area contributed by atoms with Gasteiger partial charge in [0.15, 0.2) is 0 Å². The van der Waals surface area contributed by atoms with Crippen molar-refractivity contribution in [2.45, 2.75) is 51.0 Å². The fourth-order valence-electron chi connectivity index (χ4n) is 3.57. The normalized spacial score (nSPS) is 23.2. The van der Waals surface area contributed by atoms with Crippen LogP contribution >= 0.6 is 0 Å². The molecule has 23 heavy (non-hydrogen) atoms. The number of aliphatic hydroxyl groups excluding tert-OH is 1. The monoisotopic (exact) mass is 316 g/mol. The predicted molar refractivity (Wildman–Crippen MR) is 88.1 cm³/mol. The molecule has 0 radical (unpaired) electrons. The third-order valence-corrected chi connectivity index (χ3v) is 4.96. The van der Waals surface area contributed by atoms with Crippen molar-refractivity contribution in [3.8, 4) is 0 Å². The summed E-state index contributed by atoms with van der Waals surface area (Å²) in [6, 6.07) is 5.83. The molecule has 1 saturated carbocycles. The zero-order valence-corrected chi connectivity index (χ0v) is 13.3. The fraction of sp³-hybridized carbons (Fsp3) is 0.556. The zero-order chi connectivity index (χ0) is 16.2. The SMILES string of the molecule is O=C(NC[C@@H]1CCCC[C@H]1O)C(=O)Nc1ccc2c(c1)CCC2. The first-order valence-corrected chi connectivity index (χ1v) is 8.52. The van der Waals surface area contributed by atoms with E-state index >= 15 is 0 Å². The van der Waals surface area contributed by atoms with E-state index in [0.29, 0.717) is 12.2 Å². The Bertz CT molecular complexity index is 600. The molecule has 0 saturated heterocycles. The van der Waals surface area contributed by atoms with Crippen molar-refractivity contribution in [1.82, 2.24) is 5.32 Å². The number of nitrogens with one attached hydrogen (secondary N) is 2. The molecule has 0 unspecified atom stereocenters. The van der Waals surface area contributed by atoms with Crippen LogP contribution in [-0.2, 0) is 22.4 Å². The summed E-state index contributed by atoms with van der Waals surface area (Å²) in [6.45, 7) is 0.359. The van der Waals surface area contributed by atoms with Gasteiger partial charge in [0.25, 0.3) is 0 Å². The van der Waals surface area contributed by atoms with Crippen LogP contribution in [0.5, 0.6) is 0 Å². The number of anilines is 1. The minimum absolute atomic E-state index is 0.0560. The zero-order valence-electron chi connectivity index (χ0n) is 13.3. The summed E-state index contributed by atoms with van der Waals surface area (Å²) >= 11 is 0. The molecule has 5 heteroatoms. The lowest BCUT2D eigenvalue weighted by molar-refractivity contribution is -0.136. The van der Waals surface area contributed by atoms with Crippen molar-refractivity contribution in [1.29, 1.82) is 0 Å². The van der Waals surface area contributed by atoms with E-state index in [0.717, 1.165) is 44.9 Å².